The summed E-state index contributed by atoms with van der Waals surface area (Å²) in [5.41, 5.74) is 2.34. The molecule has 2 heteroatoms. The van der Waals surface area contributed by atoms with Gasteiger partial charge in [-0.15, -0.1) is 0 Å². The maximum Gasteiger partial charge on any atom is 0.143 e. The lowest BCUT2D eigenvalue weighted by Crippen LogP contribution is -1.94. The van der Waals surface area contributed by atoms with Crippen LogP contribution in [0, 0.1) is 13.8 Å². The summed E-state index contributed by atoms with van der Waals surface area (Å²) in [7, 11) is 0. The number of ether oxygens (including phenoxy) is 2. The molecule has 2 nitrogen and oxygen atoms in total. The highest BCUT2D eigenvalue weighted by atomic mass is 16.5. The zero-order chi connectivity index (χ0) is 25.6. The maximum atomic E-state index is 6.72. The van der Waals surface area contributed by atoms with E-state index in [1.165, 1.54) is 21.9 Å². The molecule has 0 saturated heterocycles. The summed E-state index contributed by atoms with van der Waals surface area (Å²) in [6.45, 7) is 4.23. The van der Waals surface area contributed by atoms with Crippen LogP contribution in [0.4, 0.5) is 0 Å². The Kier molecular flexibility index (Phi) is 5.26. The predicted octanol–water partition coefficient (Wildman–Crippen LogP) is 10.5. The van der Waals surface area contributed by atoms with E-state index in [-0.39, 0.29) is 0 Å². The van der Waals surface area contributed by atoms with E-state index < -0.39 is 0 Å². The van der Waals surface area contributed by atoms with Crippen LogP contribution in [0.2, 0.25) is 0 Å². The third kappa shape index (κ3) is 3.91. The van der Waals surface area contributed by atoms with E-state index in [1.54, 1.807) is 0 Å². The van der Waals surface area contributed by atoms with Gasteiger partial charge in [0.1, 0.15) is 23.0 Å². The number of hydrogen-bond donors (Lipinski definition) is 0. The largest absolute Gasteiger partial charge is 0.456 e. The lowest BCUT2D eigenvalue weighted by molar-refractivity contribution is 0.486. The van der Waals surface area contributed by atoms with E-state index in [1.807, 2.05) is 12.1 Å². The van der Waals surface area contributed by atoms with Crippen molar-refractivity contribution in [3.05, 3.63) is 132 Å². The molecule has 7 aromatic carbocycles. The molecule has 0 aliphatic rings. The Bertz CT molecular complexity index is 1850. The molecule has 7 rings (SSSR count). The molecular formula is C36H26O2. The van der Waals surface area contributed by atoms with Crippen LogP contribution in [0.3, 0.4) is 0 Å². The second kappa shape index (κ2) is 8.93. The fraction of sp³-hybridized carbons (Fsp3) is 0.0556. The number of hydrogen-bond acceptors (Lipinski definition) is 2. The number of fused-ring (bicyclic) bond motifs is 4. The van der Waals surface area contributed by atoms with Crippen LogP contribution in [-0.2, 0) is 0 Å². The van der Waals surface area contributed by atoms with Gasteiger partial charge in [0.05, 0.1) is 0 Å². The van der Waals surface area contributed by atoms with Crippen molar-refractivity contribution < 1.29 is 9.47 Å². The molecule has 0 N–H and O–H groups in total. The van der Waals surface area contributed by atoms with Gasteiger partial charge in [0.15, 0.2) is 0 Å². The highest BCUT2D eigenvalue weighted by Crippen LogP contribution is 2.46. The van der Waals surface area contributed by atoms with Crippen molar-refractivity contribution in [1.29, 1.82) is 0 Å². The van der Waals surface area contributed by atoms with E-state index in [9.17, 15) is 0 Å². The first-order chi connectivity index (χ1) is 18.6. The van der Waals surface area contributed by atoms with Crippen molar-refractivity contribution >= 4 is 43.1 Å². The van der Waals surface area contributed by atoms with Crippen molar-refractivity contribution in [3.63, 3.8) is 0 Å². The summed E-state index contributed by atoms with van der Waals surface area (Å²) in [6, 6.07) is 42.2. The molecule has 0 fully saturated rings. The van der Waals surface area contributed by atoms with Crippen molar-refractivity contribution in [2.75, 3.05) is 0 Å². The minimum absolute atomic E-state index is 0.816. The van der Waals surface area contributed by atoms with Crippen LogP contribution in [0.1, 0.15) is 11.1 Å². The van der Waals surface area contributed by atoms with Gasteiger partial charge in [0.25, 0.3) is 0 Å². The van der Waals surface area contributed by atoms with E-state index in [2.05, 4.69) is 123 Å². The summed E-state index contributed by atoms with van der Waals surface area (Å²) in [5, 5.41) is 8.81. The van der Waals surface area contributed by atoms with Gasteiger partial charge in [-0.2, -0.15) is 0 Å². The molecule has 0 amide bonds. The van der Waals surface area contributed by atoms with Crippen LogP contribution in [-0.4, -0.2) is 0 Å². The summed E-state index contributed by atoms with van der Waals surface area (Å²) in [5.74, 6) is 3.33. The zero-order valence-electron chi connectivity index (χ0n) is 21.4. The molecule has 0 atom stereocenters. The predicted molar refractivity (Wildman–Crippen MR) is 159 cm³/mol. The molecule has 7 aromatic rings. The molecule has 0 aliphatic heterocycles. The average molecular weight is 491 g/mol. The second-order valence-corrected chi connectivity index (χ2v) is 9.98. The van der Waals surface area contributed by atoms with E-state index in [0.717, 1.165) is 55.3 Å². The molecular weight excluding hydrogens is 464 g/mol. The molecule has 0 spiro atoms. The Labute approximate surface area is 221 Å². The smallest absolute Gasteiger partial charge is 0.143 e. The quantitative estimate of drug-likeness (QED) is 0.228. The maximum absolute atomic E-state index is 6.72. The molecule has 0 saturated carbocycles. The minimum Gasteiger partial charge on any atom is -0.456 e. The minimum atomic E-state index is 0.816. The fourth-order valence-corrected chi connectivity index (χ4v) is 5.30. The fourth-order valence-electron chi connectivity index (χ4n) is 5.30. The second-order valence-electron chi connectivity index (χ2n) is 9.98. The van der Waals surface area contributed by atoms with Crippen molar-refractivity contribution in [2.24, 2.45) is 0 Å². The Balaban J connectivity index is 1.45. The lowest BCUT2D eigenvalue weighted by Gasteiger charge is -2.19. The van der Waals surface area contributed by atoms with Crippen LogP contribution < -0.4 is 9.47 Å². The third-order valence-electron chi connectivity index (χ3n) is 7.21. The lowest BCUT2D eigenvalue weighted by atomic mass is 9.97. The highest BCUT2D eigenvalue weighted by molar-refractivity contribution is 6.12. The van der Waals surface area contributed by atoms with Gasteiger partial charge in [0, 0.05) is 21.5 Å². The van der Waals surface area contributed by atoms with Crippen LogP contribution in [0.15, 0.2) is 121 Å². The SMILES string of the molecule is Cc1ccc2c(Oc3ccc4ccccc4c3)c3cc(C)ccc3c(Oc3ccc4ccccc4c3)c2c1. The number of aryl methyl sites for hydroxylation is 2. The van der Waals surface area contributed by atoms with E-state index in [0.29, 0.717) is 0 Å². The first kappa shape index (κ1) is 22.4. The first-order valence-corrected chi connectivity index (χ1v) is 12.9. The Hall–Kier alpha value is -4.82. The van der Waals surface area contributed by atoms with Crippen LogP contribution >= 0.6 is 0 Å². The normalized spacial score (nSPS) is 11.4. The standard InChI is InChI=1S/C36H26O2/c1-23-11-17-31-33(19-23)35(37-29-15-13-25-7-3-5-9-27(25)21-29)32-18-12-24(2)20-34(32)36(31)38-30-16-14-26-8-4-6-10-28(26)22-30/h3-22H,1-2H3. The molecule has 0 radical (unpaired) electrons. The number of benzene rings is 7. The summed E-state index contributed by atoms with van der Waals surface area (Å²) >= 11 is 0. The van der Waals surface area contributed by atoms with E-state index in [4.69, 9.17) is 9.47 Å². The molecule has 182 valence electrons. The monoisotopic (exact) mass is 490 g/mol. The van der Waals surface area contributed by atoms with E-state index >= 15 is 0 Å². The third-order valence-corrected chi connectivity index (χ3v) is 7.21. The summed E-state index contributed by atoms with van der Waals surface area (Å²) < 4.78 is 13.4. The van der Waals surface area contributed by atoms with Gasteiger partial charge in [-0.1, -0.05) is 96.1 Å². The van der Waals surface area contributed by atoms with Gasteiger partial charge >= 0.3 is 0 Å². The van der Waals surface area contributed by atoms with Crippen molar-refractivity contribution in [2.45, 2.75) is 13.8 Å². The van der Waals surface area contributed by atoms with Gasteiger partial charge in [0.2, 0.25) is 0 Å². The topological polar surface area (TPSA) is 18.5 Å². The molecule has 38 heavy (non-hydrogen) atoms. The highest BCUT2D eigenvalue weighted by Gasteiger charge is 2.18. The zero-order valence-corrected chi connectivity index (χ0v) is 21.4. The summed E-state index contributed by atoms with van der Waals surface area (Å²) in [4.78, 5) is 0. The Morgan fingerprint density at radius 2 is 0.789 bits per heavy atom. The molecule has 0 heterocycles. The molecule has 0 aromatic heterocycles. The number of rotatable bonds is 4. The average Bonchev–Trinajstić information content (AvgIpc) is 2.94. The van der Waals surface area contributed by atoms with Gasteiger partial charge < -0.3 is 9.47 Å². The van der Waals surface area contributed by atoms with Gasteiger partial charge in [-0.3, -0.25) is 0 Å². The molecule has 0 unspecified atom stereocenters. The van der Waals surface area contributed by atoms with Crippen LogP contribution in [0.5, 0.6) is 23.0 Å². The molecule has 0 bridgehead atoms. The molecule has 0 aliphatic carbocycles. The Morgan fingerprint density at radius 3 is 1.24 bits per heavy atom. The van der Waals surface area contributed by atoms with Crippen molar-refractivity contribution in [3.8, 4) is 23.0 Å². The summed E-state index contributed by atoms with van der Waals surface area (Å²) in [6.07, 6.45) is 0. The van der Waals surface area contributed by atoms with Crippen LogP contribution in [0.25, 0.3) is 43.1 Å². The van der Waals surface area contributed by atoms with Gasteiger partial charge in [-0.05, 0) is 71.8 Å². The van der Waals surface area contributed by atoms with Crippen molar-refractivity contribution in [1.82, 2.24) is 0 Å². The van der Waals surface area contributed by atoms with Gasteiger partial charge in [-0.25, -0.2) is 0 Å². The Morgan fingerprint density at radius 1 is 0.368 bits per heavy atom. The first-order valence-electron chi connectivity index (χ1n) is 12.9.